The van der Waals surface area contributed by atoms with Crippen LogP contribution >= 0.6 is 11.3 Å². The fourth-order valence-electron chi connectivity index (χ4n) is 1.17. The zero-order valence-electron chi connectivity index (χ0n) is 8.90. The van der Waals surface area contributed by atoms with Gasteiger partial charge in [0.25, 0.3) is 0 Å². The average Bonchev–Trinajstić information content (AvgIpc) is 2.74. The maximum absolute atomic E-state index is 12.9. The van der Waals surface area contributed by atoms with E-state index in [1.807, 2.05) is 12.3 Å². The molecule has 0 aliphatic rings. The minimum absolute atomic E-state index is 0.0914. The van der Waals surface area contributed by atoms with E-state index in [1.165, 1.54) is 23.6 Å². The number of thiazole rings is 1. The number of aldehydes is 1. The van der Waals surface area contributed by atoms with Gasteiger partial charge < -0.3 is 0 Å². The Labute approximate surface area is 101 Å². The van der Waals surface area contributed by atoms with Crippen molar-refractivity contribution in [2.45, 2.75) is 6.92 Å². The fraction of sp³-hybridized carbons (Fsp3) is 0.0833. The lowest BCUT2D eigenvalue weighted by molar-refractivity contribution is 0.111. The SMILES string of the molecule is Cc1nc(C#Cc2cnc(F)c(C=O)c2)cs1. The van der Waals surface area contributed by atoms with Gasteiger partial charge in [-0.1, -0.05) is 5.92 Å². The van der Waals surface area contributed by atoms with Gasteiger partial charge in [0.15, 0.2) is 6.29 Å². The van der Waals surface area contributed by atoms with E-state index in [1.54, 1.807) is 0 Å². The molecule has 2 heterocycles. The number of carbonyl (C=O) groups is 1. The van der Waals surface area contributed by atoms with Crippen molar-refractivity contribution in [1.29, 1.82) is 0 Å². The molecule has 0 fully saturated rings. The number of hydrogen-bond acceptors (Lipinski definition) is 4. The Morgan fingerprint density at radius 3 is 2.94 bits per heavy atom. The van der Waals surface area contributed by atoms with Crippen LogP contribution in [0.1, 0.15) is 26.6 Å². The normalized spacial score (nSPS) is 9.53. The van der Waals surface area contributed by atoms with E-state index in [0.717, 1.165) is 5.01 Å². The maximum Gasteiger partial charge on any atom is 0.223 e. The standard InChI is InChI=1S/C12H7FN2OS/c1-8-15-11(7-17-8)3-2-9-4-10(6-16)12(13)14-5-9/h4-7H,1H3. The summed E-state index contributed by atoms with van der Waals surface area (Å²) >= 11 is 1.50. The van der Waals surface area contributed by atoms with Crippen LogP contribution in [0.25, 0.3) is 0 Å². The number of halogens is 1. The largest absolute Gasteiger partial charge is 0.298 e. The molecule has 0 unspecified atom stereocenters. The summed E-state index contributed by atoms with van der Waals surface area (Å²) in [4.78, 5) is 18.1. The van der Waals surface area contributed by atoms with Crippen molar-refractivity contribution in [1.82, 2.24) is 9.97 Å². The Morgan fingerprint density at radius 2 is 2.29 bits per heavy atom. The first-order valence-electron chi connectivity index (χ1n) is 4.74. The molecule has 0 amide bonds. The van der Waals surface area contributed by atoms with E-state index in [-0.39, 0.29) is 5.56 Å². The molecule has 2 aromatic heterocycles. The lowest BCUT2D eigenvalue weighted by Crippen LogP contribution is -1.93. The molecule has 0 aliphatic heterocycles. The molecule has 0 aliphatic carbocycles. The second-order valence-corrected chi connectivity index (χ2v) is 4.29. The van der Waals surface area contributed by atoms with Gasteiger partial charge in [-0.2, -0.15) is 4.39 Å². The van der Waals surface area contributed by atoms with E-state index in [4.69, 9.17) is 0 Å². The predicted molar refractivity (Wildman–Crippen MR) is 62.4 cm³/mol. The molecular weight excluding hydrogens is 239 g/mol. The van der Waals surface area contributed by atoms with Gasteiger partial charge in [0, 0.05) is 17.1 Å². The fourth-order valence-corrected chi connectivity index (χ4v) is 1.72. The van der Waals surface area contributed by atoms with Crippen molar-refractivity contribution in [3.8, 4) is 11.8 Å². The zero-order valence-corrected chi connectivity index (χ0v) is 9.71. The first kappa shape index (κ1) is 11.4. The molecule has 0 spiro atoms. The van der Waals surface area contributed by atoms with Crippen LogP contribution in [0, 0.1) is 24.7 Å². The summed E-state index contributed by atoms with van der Waals surface area (Å²) in [7, 11) is 0. The lowest BCUT2D eigenvalue weighted by atomic mass is 10.2. The molecule has 0 saturated carbocycles. The molecule has 0 atom stereocenters. The summed E-state index contributed by atoms with van der Waals surface area (Å²) < 4.78 is 12.9. The number of pyridine rings is 1. The molecule has 17 heavy (non-hydrogen) atoms. The Kier molecular flexibility index (Phi) is 3.26. The highest BCUT2D eigenvalue weighted by Crippen LogP contribution is 2.07. The molecule has 0 aromatic carbocycles. The van der Waals surface area contributed by atoms with E-state index in [0.29, 0.717) is 17.5 Å². The van der Waals surface area contributed by atoms with E-state index in [2.05, 4.69) is 21.8 Å². The molecule has 84 valence electrons. The topological polar surface area (TPSA) is 42.9 Å². The summed E-state index contributed by atoms with van der Waals surface area (Å²) in [6, 6.07) is 1.36. The van der Waals surface area contributed by atoms with Gasteiger partial charge in [0.05, 0.1) is 10.6 Å². The van der Waals surface area contributed by atoms with Gasteiger partial charge in [-0.15, -0.1) is 11.3 Å². The van der Waals surface area contributed by atoms with Gasteiger partial charge in [-0.3, -0.25) is 4.79 Å². The second kappa shape index (κ2) is 4.85. The van der Waals surface area contributed by atoms with Crippen molar-refractivity contribution in [2.75, 3.05) is 0 Å². The van der Waals surface area contributed by atoms with Crippen LogP contribution in [0.4, 0.5) is 4.39 Å². The first-order chi connectivity index (χ1) is 8.19. The molecule has 2 rings (SSSR count). The van der Waals surface area contributed by atoms with Crippen LogP contribution in [0.15, 0.2) is 17.6 Å². The molecule has 2 aromatic rings. The van der Waals surface area contributed by atoms with Gasteiger partial charge in [0.1, 0.15) is 5.69 Å². The van der Waals surface area contributed by atoms with Crippen molar-refractivity contribution < 1.29 is 9.18 Å². The second-order valence-electron chi connectivity index (χ2n) is 3.22. The Hall–Kier alpha value is -2.06. The number of rotatable bonds is 1. The molecule has 0 N–H and O–H groups in total. The van der Waals surface area contributed by atoms with Gasteiger partial charge in [0.2, 0.25) is 5.95 Å². The Morgan fingerprint density at radius 1 is 1.47 bits per heavy atom. The first-order valence-corrected chi connectivity index (χ1v) is 5.62. The van der Waals surface area contributed by atoms with Crippen molar-refractivity contribution in [3.05, 3.63) is 45.4 Å². The number of nitrogens with zero attached hydrogens (tertiary/aromatic N) is 2. The molecule has 0 saturated heterocycles. The van der Waals surface area contributed by atoms with Crippen molar-refractivity contribution >= 4 is 17.6 Å². The average molecular weight is 246 g/mol. The highest BCUT2D eigenvalue weighted by molar-refractivity contribution is 7.09. The predicted octanol–water partition coefficient (Wildman–Crippen LogP) is 2.20. The zero-order chi connectivity index (χ0) is 12.3. The summed E-state index contributed by atoms with van der Waals surface area (Å²) in [5.74, 6) is 4.82. The summed E-state index contributed by atoms with van der Waals surface area (Å²) in [5.41, 5.74) is 1.05. The molecule has 0 bridgehead atoms. The Bertz CT molecular complexity index is 625. The van der Waals surface area contributed by atoms with Crippen LogP contribution in [0.3, 0.4) is 0 Å². The highest BCUT2D eigenvalue weighted by Gasteiger charge is 2.02. The maximum atomic E-state index is 12.9. The Balaban J connectivity index is 2.30. The van der Waals surface area contributed by atoms with Crippen LogP contribution in [-0.2, 0) is 0 Å². The molecule has 0 radical (unpaired) electrons. The summed E-state index contributed by atoms with van der Waals surface area (Å²) in [6.45, 7) is 1.89. The third-order valence-electron chi connectivity index (χ3n) is 1.95. The third kappa shape index (κ3) is 2.74. The molecule has 5 heteroatoms. The minimum atomic E-state index is -0.782. The van der Waals surface area contributed by atoms with Crippen molar-refractivity contribution in [3.63, 3.8) is 0 Å². The number of hydrogen-bond donors (Lipinski definition) is 0. The van der Waals surface area contributed by atoms with E-state index < -0.39 is 5.95 Å². The van der Waals surface area contributed by atoms with Crippen molar-refractivity contribution in [2.24, 2.45) is 0 Å². The van der Waals surface area contributed by atoms with Crippen LogP contribution in [0.5, 0.6) is 0 Å². The van der Waals surface area contributed by atoms with E-state index in [9.17, 15) is 9.18 Å². The van der Waals surface area contributed by atoms with Crippen LogP contribution in [-0.4, -0.2) is 16.3 Å². The number of aromatic nitrogens is 2. The van der Waals surface area contributed by atoms with Gasteiger partial charge in [-0.25, -0.2) is 9.97 Å². The smallest absolute Gasteiger partial charge is 0.223 e. The summed E-state index contributed by atoms with van der Waals surface area (Å²) in [5, 5.41) is 2.76. The monoisotopic (exact) mass is 246 g/mol. The van der Waals surface area contributed by atoms with Crippen LogP contribution < -0.4 is 0 Å². The number of carbonyl (C=O) groups excluding carboxylic acids is 1. The van der Waals surface area contributed by atoms with Crippen LogP contribution in [0.2, 0.25) is 0 Å². The number of aryl methyl sites for hydroxylation is 1. The van der Waals surface area contributed by atoms with Gasteiger partial charge >= 0.3 is 0 Å². The highest BCUT2D eigenvalue weighted by atomic mass is 32.1. The van der Waals surface area contributed by atoms with Gasteiger partial charge in [-0.05, 0) is 18.9 Å². The van der Waals surface area contributed by atoms with E-state index >= 15 is 0 Å². The summed E-state index contributed by atoms with van der Waals surface area (Å²) in [6.07, 6.45) is 1.70. The minimum Gasteiger partial charge on any atom is -0.298 e. The quantitative estimate of drug-likeness (QED) is 0.440. The third-order valence-corrected chi connectivity index (χ3v) is 2.72. The lowest BCUT2D eigenvalue weighted by Gasteiger charge is -1.93. The molecular formula is C12H7FN2OS. The molecule has 3 nitrogen and oxygen atoms in total.